The van der Waals surface area contributed by atoms with Crippen LogP contribution in [0.15, 0.2) is 0 Å². The Morgan fingerprint density at radius 1 is 1.50 bits per heavy atom. The Morgan fingerprint density at radius 3 is 2.50 bits per heavy atom. The Hall–Kier alpha value is -0.610. The average Bonchev–Trinajstić information content (AvgIpc) is 1.89. The third-order valence-corrected chi connectivity index (χ3v) is 1.17. The fraction of sp³-hybridized carbons (Fsp3) is 0.833. The van der Waals surface area contributed by atoms with Crippen LogP contribution in [0.4, 0.5) is 0 Å². The molecule has 0 aliphatic carbocycles. The van der Waals surface area contributed by atoms with Crippen molar-refractivity contribution in [1.82, 2.24) is 11.6 Å². The summed E-state index contributed by atoms with van der Waals surface area (Å²) in [5, 5.41) is 0. The molecule has 0 heterocycles. The lowest BCUT2D eigenvalue weighted by Gasteiger charge is -1.95. The number of hydrogen-bond donors (Lipinski definition) is 3. The summed E-state index contributed by atoms with van der Waals surface area (Å²) < 4.78 is 0. The fourth-order valence-electron chi connectivity index (χ4n) is 0.608. The summed E-state index contributed by atoms with van der Waals surface area (Å²) in [6.07, 6.45) is 3.75. The molecule has 0 aliphatic heterocycles. The van der Waals surface area contributed by atoms with E-state index in [4.69, 9.17) is 5.84 Å². The van der Waals surface area contributed by atoms with Gasteiger partial charge in [-0.1, -0.05) is 19.8 Å². The zero-order chi connectivity index (χ0) is 7.11. The van der Waals surface area contributed by atoms with Crippen LogP contribution in [-0.2, 0) is 4.79 Å². The van der Waals surface area contributed by atoms with Gasteiger partial charge in [0.1, 0.15) is 0 Å². The molecule has 0 aliphatic rings. The van der Waals surface area contributed by atoms with Crippen molar-refractivity contribution in [3.63, 3.8) is 0 Å². The van der Waals surface area contributed by atoms with Crippen LogP contribution in [0.25, 0.3) is 0 Å². The van der Waals surface area contributed by atoms with E-state index in [0.717, 1.165) is 19.3 Å². The van der Waals surface area contributed by atoms with Crippen LogP contribution >= 0.6 is 0 Å². The molecule has 0 aromatic rings. The number of carbonyl (C=O) groups is 1. The molecular formula is C6H17N3O. The lowest BCUT2D eigenvalue weighted by molar-refractivity contribution is -0.121. The molecule has 0 spiro atoms. The van der Waals surface area contributed by atoms with Gasteiger partial charge in [0.2, 0.25) is 5.91 Å². The lowest BCUT2D eigenvalue weighted by Crippen LogP contribution is -2.29. The van der Waals surface area contributed by atoms with Crippen molar-refractivity contribution in [2.24, 2.45) is 5.84 Å². The van der Waals surface area contributed by atoms with Crippen LogP contribution in [0.3, 0.4) is 0 Å². The Balaban J connectivity index is 0. The molecule has 4 heteroatoms. The van der Waals surface area contributed by atoms with Gasteiger partial charge in [-0.25, -0.2) is 5.84 Å². The number of nitrogens with one attached hydrogen (secondary N) is 1. The van der Waals surface area contributed by atoms with E-state index >= 15 is 0 Å². The van der Waals surface area contributed by atoms with E-state index in [0.29, 0.717) is 6.42 Å². The van der Waals surface area contributed by atoms with Crippen molar-refractivity contribution >= 4 is 5.91 Å². The molecule has 0 atom stereocenters. The molecule has 0 radical (unpaired) electrons. The van der Waals surface area contributed by atoms with Gasteiger partial charge >= 0.3 is 0 Å². The highest BCUT2D eigenvalue weighted by Crippen LogP contribution is 1.97. The zero-order valence-corrected chi connectivity index (χ0v) is 6.52. The van der Waals surface area contributed by atoms with Crippen molar-refractivity contribution in [2.75, 3.05) is 0 Å². The molecule has 0 saturated carbocycles. The van der Waals surface area contributed by atoms with E-state index in [1.807, 2.05) is 0 Å². The Bertz CT molecular complexity index is 85.1. The van der Waals surface area contributed by atoms with E-state index in [1.165, 1.54) is 0 Å². The minimum Gasteiger partial charge on any atom is -0.344 e. The van der Waals surface area contributed by atoms with Crippen molar-refractivity contribution in [2.45, 2.75) is 32.6 Å². The Labute approximate surface area is 61.7 Å². The first-order valence-corrected chi connectivity index (χ1v) is 3.30. The van der Waals surface area contributed by atoms with Gasteiger partial charge in [-0.05, 0) is 6.42 Å². The van der Waals surface area contributed by atoms with Gasteiger partial charge in [-0.3, -0.25) is 10.2 Å². The van der Waals surface area contributed by atoms with Gasteiger partial charge in [0, 0.05) is 6.42 Å². The molecule has 6 N–H and O–H groups in total. The Morgan fingerprint density at radius 2 is 2.10 bits per heavy atom. The van der Waals surface area contributed by atoms with Gasteiger partial charge in [-0.15, -0.1) is 0 Å². The Kier molecular flexibility index (Phi) is 10.2. The maximum Gasteiger partial charge on any atom is 0.233 e. The molecule has 62 valence electrons. The highest BCUT2D eigenvalue weighted by molar-refractivity contribution is 5.74. The van der Waals surface area contributed by atoms with Crippen molar-refractivity contribution in [1.29, 1.82) is 0 Å². The van der Waals surface area contributed by atoms with E-state index in [1.54, 1.807) is 0 Å². The number of amides is 1. The molecule has 0 aromatic carbocycles. The van der Waals surface area contributed by atoms with Gasteiger partial charge in [-0.2, -0.15) is 0 Å². The SMILES string of the molecule is CCCCCC(=O)NN.N. The summed E-state index contributed by atoms with van der Waals surface area (Å²) in [5.74, 6) is 4.79. The molecule has 0 aromatic heterocycles. The molecule has 0 bridgehead atoms. The number of carbonyl (C=O) groups excluding carboxylic acids is 1. The number of nitrogens with two attached hydrogens (primary N) is 1. The monoisotopic (exact) mass is 147 g/mol. The summed E-state index contributed by atoms with van der Waals surface area (Å²) in [4.78, 5) is 10.5. The van der Waals surface area contributed by atoms with Gasteiger partial charge in [0.25, 0.3) is 0 Å². The number of rotatable bonds is 4. The van der Waals surface area contributed by atoms with Gasteiger partial charge < -0.3 is 6.15 Å². The molecular weight excluding hydrogens is 130 g/mol. The van der Waals surface area contributed by atoms with Crippen LogP contribution in [-0.4, -0.2) is 5.91 Å². The van der Waals surface area contributed by atoms with Crippen molar-refractivity contribution < 1.29 is 4.79 Å². The highest BCUT2D eigenvalue weighted by atomic mass is 16.2. The number of hydrogen-bond acceptors (Lipinski definition) is 3. The predicted molar refractivity (Wildman–Crippen MR) is 41.5 cm³/mol. The third kappa shape index (κ3) is 7.39. The van der Waals surface area contributed by atoms with Crippen molar-refractivity contribution in [3.8, 4) is 0 Å². The molecule has 0 rings (SSSR count). The minimum absolute atomic E-state index is 0. The van der Waals surface area contributed by atoms with Gasteiger partial charge in [0.05, 0.1) is 0 Å². The molecule has 0 unspecified atom stereocenters. The van der Waals surface area contributed by atoms with Crippen LogP contribution in [0.1, 0.15) is 32.6 Å². The molecule has 1 amide bonds. The fourth-order valence-corrected chi connectivity index (χ4v) is 0.608. The summed E-state index contributed by atoms with van der Waals surface area (Å²) >= 11 is 0. The smallest absolute Gasteiger partial charge is 0.233 e. The molecule has 0 saturated heterocycles. The second kappa shape index (κ2) is 8.39. The summed E-state index contributed by atoms with van der Waals surface area (Å²) in [7, 11) is 0. The quantitative estimate of drug-likeness (QED) is 0.237. The normalized spacial score (nSPS) is 8.20. The van der Waals surface area contributed by atoms with Crippen LogP contribution in [0, 0.1) is 0 Å². The first-order chi connectivity index (χ1) is 4.31. The summed E-state index contributed by atoms with van der Waals surface area (Å²) in [6.45, 7) is 2.10. The standard InChI is InChI=1S/C6H14N2O.H3N/c1-2-3-4-5-6(9)8-7;/h2-5,7H2,1H3,(H,8,9);1H3. The zero-order valence-electron chi connectivity index (χ0n) is 6.52. The second-order valence-electron chi connectivity index (χ2n) is 2.02. The molecule has 10 heavy (non-hydrogen) atoms. The molecule has 4 nitrogen and oxygen atoms in total. The molecule has 0 fully saturated rings. The maximum atomic E-state index is 10.5. The second-order valence-corrected chi connectivity index (χ2v) is 2.02. The van der Waals surface area contributed by atoms with E-state index in [9.17, 15) is 4.79 Å². The van der Waals surface area contributed by atoms with Crippen LogP contribution in [0.2, 0.25) is 0 Å². The van der Waals surface area contributed by atoms with Crippen LogP contribution in [0.5, 0.6) is 0 Å². The number of hydrazine groups is 1. The van der Waals surface area contributed by atoms with Crippen molar-refractivity contribution in [3.05, 3.63) is 0 Å². The maximum absolute atomic E-state index is 10.5. The van der Waals surface area contributed by atoms with Crippen LogP contribution < -0.4 is 17.4 Å². The minimum atomic E-state index is -0.0662. The predicted octanol–water partition coefficient (Wildman–Crippen LogP) is 0.719. The summed E-state index contributed by atoms with van der Waals surface area (Å²) in [5.41, 5.74) is 2.08. The van der Waals surface area contributed by atoms with E-state index in [-0.39, 0.29) is 12.1 Å². The third-order valence-electron chi connectivity index (χ3n) is 1.17. The average molecular weight is 147 g/mol. The van der Waals surface area contributed by atoms with E-state index in [2.05, 4.69) is 12.3 Å². The lowest BCUT2D eigenvalue weighted by atomic mass is 10.2. The first-order valence-electron chi connectivity index (χ1n) is 3.30. The number of unbranched alkanes of at least 4 members (excludes halogenated alkanes) is 2. The first kappa shape index (κ1) is 12.1. The van der Waals surface area contributed by atoms with Gasteiger partial charge in [0.15, 0.2) is 0 Å². The van der Waals surface area contributed by atoms with E-state index < -0.39 is 0 Å². The topological polar surface area (TPSA) is 90.1 Å². The highest BCUT2D eigenvalue weighted by Gasteiger charge is 1.94. The summed E-state index contributed by atoms with van der Waals surface area (Å²) in [6, 6.07) is 0. The largest absolute Gasteiger partial charge is 0.344 e.